The van der Waals surface area contributed by atoms with Crippen LogP contribution in [0.3, 0.4) is 0 Å². The number of nitrogens with one attached hydrogen (secondary N) is 1. The molecule has 2 heterocycles. The Morgan fingerprint density at radius 1 is 1.67 bits per heavy atom. The number of hydrogen-bond donors (Lipinski definition) is 2. The summed E-state index contributed by atoms with van der Waals surface area (Å²) >= 11 is 1.35. The van der Waals surface area contributed by atoms with Gasteiger partial charge in [-0.3, -0.25) is 14.0 Å². The highest BCUT2D eigenvalue weighted by atomic mass is 32.1. The van der Waals surface area contributed by atoms with Gasteiger partial charge in [-0.05, 0) is 12.8 Å². The Kier molecular flexibility index (Phi) is 3.54. The highest BCUT2D eigenvalue weighted by Gasteiger charge is 2.39. The lowest BCUT2D eigenvalue weighted by Gasteiger charge is -2.29. The molecule has 2 unspecified atom stereocenters. The molecule has 2 aromatic rings. The van der Waals surface area contributed by atoms with E-state index in [1.165, 1.54) is 21.9 Å². The smallest absolute Gasteiger partial charge is 0.271 e. The molecule has 2 aromatic heterocycles. The number of nitrogens with zero attached hydrogens (tertiary/aromatic N) is 2. The Balaban J connectivity index is 1.87. The molecule has 3 rings (SSSR count). The first-order chi connectivity index (χ1) is 10.0. The quantitative estimate of drug-likeness (QED) is 0.887. The molecule has 0 aromatic carbocycles. The van der Waals surface area contributed by atoms with E-state index >= 15 is 0 Å². The van der Waals surface area contributed by atoms with Crippen LogP contribution in [-0.4, -0.2) is 33.0 Å². The molecule has 112 valence electrons. The highest BCUT2D eigenvalue weighted by molar-refractivity contribution is 7.15. The van der Waals surface area contributed by atoms with Gasteiger partial charge in [-0.25, -0.2) is 4.98 Å². The summed E-state index contributed by atoms with van der Waals surface area (Å²) in [5, 5.41) is 14.2. The van der Waals surface area contributed by atoms with Crippen LogP contribution in [0.25, 0.3) is 4.96 Å². The standard InChI is InChI=1S/C14H17N3O3S/c1-14(8-18)4-2-3-10(14)16-11(19)9-7-15-13-17(12(9)20)5-6-21-13/h5-7,10,18H,2-4,8H2,1H3,(H,16,19). The maximum absolute atomic E-state index is 12.3. The number of aliphatic hydroxyl groups excluding tert-OH is 1. The van der Waals surface area contributed by atoms with Crippen LogP contribution >= 0.6 is 11.3 Å². The van der Waals surface area contributed by atoms with Crippen LogP contribution < -0.4 is 10.9 Å². The fourth-order valence-corrected chi connectivity index (χ4v) is 3.56. The lowest BCUT2D eigenvalue weighted by Crippen LogP contribution is -2.46. The molecule has 2 atom stereocenters. The van der Waals surface area contributed by atoms with Gasteiger partial charge in [0, 0.05) is 29.2 Å². The van der Waals surface area contributed by atoms with Gasteiger partial charge in [-0.15, -0.1) is 11.3 Å². The third-order valence-corrected chi connectivity index (χ3v) is 5.11. The number of amides is 1. The molecule has 6 nitrogen and oxygen atoms in total. The molecule has 7 heteroatoms. The number of carbonyl (C=O) groups excluding carboxylic acids is 1. The van der Waals surface area contributed by atoms with Gasteiger partial charge >= 0.3 is 0 Å². The van der Waals surface area contributed by atoms with E-state index in [2.05, 4.69) is 10.3 Å². The minimum atomic E-state index is -0.417. The molecule has 2 N–H and O–H groups in total. The number of hydrogen-bond acceptors (Lipinski definition) is 5. The summed E-state index contributed by atoms with van der Waals surface area (Å²) in [5.41, 5.74) is -0.633. The number of aliphatic hydroxyl groups is 1. The molecule has 1 fully saturated rings. The van der Waals surface area contributed by atoms with Gasteiger partial charge in [-0.2, -0.15) is 0 Å². The summed E-state index contributed by atoms with van der Waals surface area (Å²) in [6, 6.07) is -0.113. The summed E-state index contributed by atoms with van der Waals surface area (Å²) in [6.45, 7) is 1.98. The molecule has 0 saturated heterocycles. The van der Waals surface area contributed by atoms with Crippen molar-refractivity contribution in [2.45, 2.75) is 32.2 Å². The average Bonchev–Trinajstić information content (AvgIpc) is 3.08. The molecule has 0 radical (unpaired) electrons. The zero-order valence-corrected chi connectivity index (χ0v) is 12.5. The van der Waals surface area contributed by atoms with Gasteiger partial charge in [0.25, 0.3) is 11.5 Å². The average molecular weight is 307 g/mol. The third-order valence-electron chi connectivity index (χ3n) is 4.34. The molecule has 0 bridgehead atoms. The molecular weight excluding hydrogens is 290 g/mol. The Morgan fingerprint density at radius 3 is 3.24 bits per heavy atom. The first-order valence-corrected chi connectivity index (χ1v) is 7.80. The Hall–Kier alpha value is -1.73. The van der Waals surface area contributed by atoms with E-state index in [1.54, 1.807) is 11.6 Å². The van der Waals surface area contributed by atoms with Crippen molar-refractivity contribution in [3.05, 3.63) is 33.7 Å². The zero-order valence-electron chi connectivity index (χ0n) is 11.7. The van der Waals surface area contributed by atoms with E-state index in [1.807, 2.05) is 6.92 Å². The maximum atomic E-state index is 12.3. The summed E-state index contributed by atoms with van der Waals surface area (Å²) in [5.74, 6) is -0.417. The number of carbonyl (C=O) groups is 1. The first-order valence-electron chi connectivity index (χ1n) is 6.92. The van der Waals surface area contributed by atoms with Crippen LogP contribution in [0.5, 0.6) is 0 Å². The molecule has 0 spiro atoms. The lowest BCUT2D eigenvalue weighted by molar-refractivity contribution is 0.0828. The van der Waals surface area contributed by atoms with Crippen molar-refractivity contribution in [2.24, 2.45) is 5.41 Å². The van der Waals surface area contributed by atoms with E-state index in [0.29, 0.717) is 4.96 Å². The van der Waals surface area contributed by atoms with Gasteiger partial charge < -0.3 is 10.4 Å². The number of aromatic nitrogens is 2. The fraction of sp³-hybridized carbons (Fsp3) is 0.500. The molecule has 1 amide bonds. The van der Waals surface area contributed by atoms with Crippen LogP contribution in [0.2, 0.25) is 0 Å². The molecule has 1 aliphatic carbocycles. The largest absolute Gasteiger partial charge is 0.396 e. The summed E-state index contributed by atoms with van der Waals surface area (Å²) in [7, 11) is 0. The van der Waals surface area contributed by atoms with E-state index in [0.717, 1.165) is 19.3 Å². The molecule has 21 heavy (non-hydrogen) atoms. The second kappa shape index (κ2) is 5.23. The summed E-state index contributed by atoms with van der Waals surface area (Å²) < 4.78 is 1.37. The van der Waals surface area contributed by atoms with E-state index in [-0.39, 0.29) is 29.2 Å². The molecule has 1 saturated carbocycles. The molecule has 0 aliphatic heterocycles. The van der Waals surface area contributed by atoms with Crippen LogP contribution in [-0.2, 0) is 0 Å². The van der Waals surface area contributed by atoms with Crippen molar-refractivity contribution >= 4 is 22.2 Å². The number of rotatable bonds is 3. The number of fused-ring (bicyclic) bond motifs is 1. The predicted octanol–water partition coefficient (Wildman–Crippen LogP) is 1.04. The van der Waals surface area contributed by atoms with Crippen LogP contribution in [0.15, 0.2) is 22.6 Å². The normalized spacial score (nSPS) is 25.3. The minimum Gasteiger partial charge on any atom is -0.396 e. The van der Waals surface area contributed by atoms with Crippen molar-refractivity contribution in [2.75, 3.05) is 6.61 Å². The Morgan fingerprint density at radius 2 is 2.48 bits per heavy atom. The fourth-order valence-electron chi connectivity index (χ4n) is 2.88. The van der Waals surface area contributed by atoms with Crippen molar-refractivity contribution in [3.63, 3.8) is 0 Å². The van der Waals surface area contributed by atoms with Crippen molar-refractivity contribution in [1.82, 2.24) is 14.7 Å². The van der Waals surface area contributed by atoms with Crippen molar-refractivity contribution in [1.29, 1.82) is 0 Å². The SMILES string of the molecule is CC1(CO)CCCC1NC(=O)c1cnc2sccn2c1=O. The van der Waals surface area contributed by atoms with Crippen molar-refractivity contribution in [3.8, 4) is 0 Å². The Bertz CT molecular complexity index is 738. The van der Waals surface area contributed by atoms with Crippen LogP contribution in [0.1, 0.15) is 36.5 Å². The minimum absolute atomic E-state index is 0.0265. The molecular formula is C14H17N3O3S. The second-order valence-corrected chi connectivity index (χ2v) is 6.64. The summed E-state index contributed by atoms with van der Waals surface area (Å²) in [4.78, 5) is 29.3. The maximum Gasteiger partial charge on any atom is 0.271 e. The van der Waals surface area contributed by atoms with E-state index in [9.17, 15) is 14.7 Å². The lowest BCUT2D eigenvalue weighted by atomic mass is 9.85. The van der Waals surface area contributed by atoms with Gasteiger partial charge in [-0.1, -0.05) is 13.3 Å². The monoisotopic (exact) mass is 307 g/mol. The van der Waals surface area contributed by atoms with E-state index < -0.39 is 5.91 Å². The zero-order chi connectivity index (χ0) is 15.0. The topological polar surface area (TPSA) is 83.7 Å². The van der Waals surface area contributed by atoms with Crippen molar-refractivity contribution < 1.29 is 9.90 Å². The van der Waals surface area contributed by atoms with Gasteiger partial charge in [0.05, 0.1) is 6.61 Å². The van der Waals surface area contributed by atoms with E-state index in [4.69, 9.17) is 0 Å². The highest BCUT2D eigenvalue weighted by Crippen LogP contribution is 2.37. The summed E-state index contributed by atoms with van der Waals surface area (Å²) in [6.07, 6.45) is 5.59. The van der Waals surface area contributed by atoms with Crippen LogP contribution in [0, 0.1) is 5.41 Å². The van der Waals surface area contributed by atoms with Crippen LogP contribution in [0.4, 0.5) is 0 Å². The van der Waals surface area contributed by atoms with Gasteiger partial charge in [0.1, 0.15) is 5.56 Å². The Labute approximate surface area is 125 Å². The predicted molar refractivity (Wildman–Crippen MR) is 79.6 cm³/mol. The first kappa shape index (κ1) is 14.2. The number of thiazole rings is 1. The molecule has 1 aliphatic rings. The third kappa shape index (κ3) is 2.36. The second-order valence-electron chi connectivity index (χ2n) is 5.76. The van der Waals surface area contributed by atoms with Gasteiger partial charge in [0.15, 0.2) is 4.96 Å². The van der Waals surface area contributed by atoms with Gasteiger partial charge in [0.2, 0.25) is 0 Å².